The molecular formula is C20H16ClF4N3O. The summed E-state index contributed by atoms with van der Waals surface area (Å²) >= 11 is 5.76. The van der Waals surface area contributed by atoms with Gasteiger partial charge < -0.3 is 10.4 Å². The fraction of sp³-hybridized carbons (Fsp3) is 0.200. The largest absolute Gasteiger partial charge is 0.417 e. The molecule has 3 aromatic rings. The van der Waals surface area contributed by atoms with Crippen LogP contribution >= 0.6 is 11.6 Å². The summed E-state index contributed by atoms with van der Waals surface area (Å²) in [6.45, 7) is 1.67. The summed E-state index contributed by atoms with van der Waals surface area (Å²) < 4.78 is 52.2. The van der Waals surface area contributed by atoms with E-state index in [1.165, 1.54) is 30.6 Å². The second-order valence-corrected chi connectivity index (χ2v) is 6.79. The average molecular weight is 426 g/mol. The summed E-state index contributed by atoms with van der Waals surface area (Å²) in [5.41, 5.74) is 0.696. The van der Waals surface area contributed by atoms with Crippen LogP contribution in [-0.4, -0.2) is 21.6 Å². The molecule has 0 spiro atoms. The van der Waals surface area contributed by atoms with Crippen molar-refractivity contribution in [3.05, 3.63) is 76.3 Å². The van der Waals surface area contributed by atoms with Gasteiger partial charge in [0.25, 0.3) is 0 Å². The summed E-state index contributed by atoms with van der Waals surface area (Å²) in [6, 6.07) is 9.32. The van der Waals surface area contributed by atoms with E-state index in [4.69, 9.17) is 11.6 Å². The highest BCUT2D eigenvalue weighted by Gasteiger charge is 2.33. The Labute approximate surface area is 169 Å². The van der Waals surface area contributed by atoms with Crippen molar-refractivity contribution in [2.45, 2.75) is 19.2 Å². The molecule has 0 aliphatic rings. The van der Waals surface area contributed by atoms with Crippen LogP contribution in [0.5, 0.6) is 0 Å². The van der Waals surface area contributed by atoms with E-state index in [0.29, 0.717) is 28.2 Å². The third kappa shape index (κ3) is 5.02. The van der Waals surface area contributed by atoms with Gasteiger partial charge in [-0.1, -0.05) is 29.8 Å². The molecule has 0 saturated carbocycles. The molecule has 152 valence electrons. The molecule has 0 fully saturated rings. The molecule has 0 saturated heterocycles. The van der Waals surface area contributed by atoms with Crippen LogP contribution in [0.3, 0.4) is 0 Å². The molecule has 4 nitrogen and oxygen atoms in total. The molecule has 1 atom stereocenters. The van der Waals surface area contributed by atoms with Crippen molar-refractivity contribution < 1.29 is 22.7 Å². The first-order valence-corrected chi connectivity index (χ1v) is 8.90. The maximum atomic E-state index is 13.6. The van der Waals surface area contributed by atoms with E-state index in [0.717, 1.165) is 6.07 Å². The predicted molar refractivity (Wildman–Crippen MR) is 102 cm³/mol. The number of rotatable bonds is 5. The van der Waals surface area contributed by atoms with Gasteiger partial charge in [0.1, 0.15) is 18.0 Å². The van der Waals surface area contributed by atoms with E-state index in [-0.39, 0.29) is 6.54 Å². The molecule has 1 unspecified atom stereocenters. The van der Waals surface area contributed by atoms with E-state index < -0.39 is 28.7 Å². The van der Waals surface area contributed by atoms with E-state index in [2.05, 4.69) is 15.3 Å². The Balaban J connectivity index is 1.74. The number of aliphatic hydroxyl groups excluding tert-OH is 1. The van der Waals surface area contributed by atoms with Crippen molar-refractivity contribution in [3.63, 3.8) is 0 Å². The summed E-state index contributed by atoms with van der Waals surface area (Å²) in [4.78, 5) is 8.07. The fourth-order valence-corrected chi connectivity index (χ4v) is 2.94. The zero-order valence-electron chi connectivity index (χ0n) is 15.1. The Morgan fingerprint density at radius 1 is 1.10 bits per heavy atom. The van der Waals surface area contributed by atoms with Crippen molar-refractivity contribution in [3.8, 4) is 11.3 Å². The van der Waals surface area contributed by atoms with E-state index in [9.17, 15) is 22.7 Å². The van der Waals surface area contributed by atoms with Gasteiger partial charge in [0.15, 0.2) is 0 Å². The minimum absolute atomic E-state index is 0.0483. The third-order valence-electron chi connectivity index (χ3n) is 4.29. The lowest BCUT2D eigenvalue weighted by Gasteiger charge is -2.14. The number of hydrogen-bond acceptors (Lipinski definition) is 4. The standard InChI is InChI=1S/C20H16ClF4N3O/c1-11-2-3-13(7-16(11)22)18(29)9-26-19-8-17(27-10-28-19)12-4-5-14(15(21)6-12)20(23,24)25/h2-8,10,18,29H,9H2,1H3,(H,26,27,28). The number of hydrogen-bond donors (Lipinski definition) is 2. The first-order chi connectivity index (χ1) is 13.6. The molecule has 2 N–H and O–H groups in total. The number of aliphatic hydroxyl groups is 1. The molecule has 1 aromatic heterocycles. The SMILES string of the molecule is Cc1ccc(C(O)CNc2cc(-c3ccc(C(F)(F)F)c(Cl)c3)ncn2)cc1F. The molecule has 29 heavy (non-hydrogen) atoms. The zero-order valence-corrected chi connectivity index (χ0v) is 15.9. The van der Waals surface area contributed by atoms with E-state index in [1.807, 2.05) is 0 Å². The maximum Gasteiger partial charge on any atom is 0.417 e. The van der Waals surface area contributed by atoms with Gasteiger partial charge in [-0.05, 0) is 36.2 Å². The highest BCUT2D eigenvalue weighted by molar-refractivity contribution is 6.31. The normalized spacial score (nSPS) is 12.7. The number of nitrogens with one attached hydrogen (secondary N) is 1. The van der Waals surface area contributed by atoms with Crippen LogP contribution in [0.4, 0.5) is 23.4 Å². The van der Waals surface area contributed by atoms with Crippen LogP contribution in [0, 0.1) is 12.7 Å². The molecule has 2 aromatic carbocycles. The first-order valence-electron chi connectivity index (χ1n) is 8.52. The van der Waals surface area contributed by atoms with Crippen molar-refractivity contribution in [1.29, 1.82) is 0 Å². The van der Waals surface area contributed by atoms with Crippen molar-refractivity contribution in [2.75, 3.05) is 11.9 Å². The van der Waals surface area contributed by atoms with Crippen molar-refractivity contribution >= 4 is 17.4 Å². The van der Waals surface area contributed by atoms with Crippen LogP contribution in [0.25, 0.3) is 11.3 Å². The van der Waals surface area contributed by atoms with E-state index in [1.54, 1.807) is 19.1 Å². The topological polar surface area (TPSA) is 58.0 Å². The van der Waals surface area contributed by atoms with Gasteiger partial charge in [-0.2, -0.15) is 13.2 Å². The van der Waals surface area contributed by atoms with Crippen LogP contribution in [0.15, 0.2) is 48.8 Å². The van der Waals surface area contributed by atoms with Gasteiger partial charge in [-0.25, -0.2) is 14.4 Å². The second kappa shape index (κ2) is 8.34. The fourth-order valence-electron chi connectivity index (χ4n) is 2.65. The Morgan fingerprint density at radius 2 is 1.86 bits per heavy atom. The van der Waals surface area contributed by atoms with Crippen LogP contribution in [0.1, 0.15) is 22.8 Å². The second-order valence-electron chi connectivity index (χ2n) is 6.39. The van der Waals surface area contributed by atoms with Gasteiger partial charge in [0, 0.05) is 18.2 Å². The molecule has 9 heteroatoms. The summed E-state index contributed by atoms with van der Waals surface area (Å²) in [7, 11) is 0. The first kappa shape index (κ1) is 21.0. The van der Waals surface area contributed by atoms with Crippen LogP contribution in [0.2, 0.25) is 5.02 Å². The Hall–Kier alpha value is -2.71. The van der Waals surface area contributed by atoms with Gasteiger partial charge in [-0.3, -0.25) is 0 Å². The zero-order chi connectivity index (χ0) is 21.2. The molecule has 1 heterocycles. The minimum Gasteiger partial charge on any atom is -0.387 e. The summed E-state index contributed by atoms with van der Waals surface area (Å²) in [5.74, 6) is -0.0669. The summed E-state index contributed by atoms with van der Waals surface area (Å²) in [5, 5.41) is 12.7. The molecule has 3 rings (SSSR count). The maximum absolute atomic E-state index is 13.6. The van der Waals surface area contributed by atoms with Crippen LogP contribution < -0.4 is 5.32 Å². The predicted octanol–water partition coefficient (Wildman–Crippen LogP) is 5.41. The van der Waals surface area contributed by atoms with Gasteiger partial charge in [0.2, 0.25) is 0 Å². The number of benzene rings is 2. The van der Waals surface area contributed by atoms with E-state index >= 15 is 0 Å². The van der Waals surface area contributed by atoms with Crippen LogP contribution in [-0.2, 0) is 6.18 Å². The van der Waals surface area contributed by atoms with Gasteiger partial charge >= 0.3 is 6.18 Å². The lowest BCUT2D eigenvalue weighted by Crippen LogP contribution is -2.13. The van der Waals surface area contributed by atoms with Gasteiger partial charge in [0.05, 0.1) is 22.4 Å². The number of halogens is 5. The number of anilines is 1. The minimum atomic E-state index is -4.54. The van der Waals surface area contributed by atoms with Gasteiger partial charge in [-0.15, -0.1) is 0 Å². The Kier molecular flexibility index (Phi) is 6.04. The lowest BCUT2D eigenvalue weighted by molar-refractivity contribution is -0.137. The molecule has 0 aliphatic heterocycles. The Bertz CT molecular complexity index is 1030. The smallest absolute Gasteiger partial charge is 0.387 e. The highest BCUT2D eigenvalue weighted by atomic mass is 35.5. The molecule has 0 aliphatic carbocycles. The van der Waals surface area contributed by atoms with Crippen molar-refractivity contribution in [2.24, 2.45) is 0 Å². The molecule has 0 bridgehead atoms. The number of aryl methyl sites for hydroxylation is 1. The lowest BCUT2D eigenvalue weighted by atomic mass is 10.1. The Morgan fingerprint density at radius 3 is 2.52 bits per heavy atom. The molecular weight excluding hydrogens is 410 g/mol. The molecule has 0 amide bonds. The average Bonchev–Trinajstić information content (AvgIpc) is 2.67. The number of alkyl halides is 3. The van der Waals surface area contributed by atoms with Crippen molar-refractivity contribution in [1.82, 2.24) is 9.97 Å². The third-order valence-corrected chi connectivity index (χ3v) is 4.61. The summed E-state index contributed by atoms with van der Waals surface area (Å²) in [6.07, 6.45) is -4.29. The number of nitrogens with zero attached hydrogens (tertiary/aromatic N) is 2. The number of aromatic nitrogens is 2. The monoisotopic (exact) mass is 425 g/mol. The quantitative estimate of drug-likeness (QED) is 0.537. The molecule has 0 radical (unpaired) electrons. The highest BCUT2D eigenvalue weighted by Crippen LogP contribution is 2.36.